The van der Waals surface area contributed by atoms with E-state index in [1.165, 1.54) is 12.8 Å². The second kappa shape index (κ2) is 6.77. The summed E-state index contributed by atoms with van der Waals surface area (Å²) in [5.74, 6) is 0.862. The monoisotopic (exact) mass is 342 g/mol. The molecule has 1 aromatic carbocycles. The number of nitrogens with zero attached hydrogens (tertiary/aromatic N) is 2. The van der Waals surface area contributed by atoms with Gasteiger partial charge in [0.1, 0.15) is 19.0 Å². The van der Waals surface area contributed by atoms with Gasteiger partial charge in [0.15, 0.2) is 0 Å². The molecule has 0 bridgehead atoms. The van der Waals surface area contributed by atoms with Gasteiger partial charge in [0.25, 0.3) is 0 Å². The second-order valence-electron chi connectivity index (χ2n) is 7.49. The molecule has 6 heteroatoms. The summed E-state index contributed by atoms with van der Waals surface area (Å²) < 4.78 is 5.64. The van der Waals surface area contributed by atoms with Gasteiger partial charge in [0.2, 0.25) is 5.91 Å². The van der Waals surface area contributed by atoms with Crippen molar-refractivity contribution in [2.24, 2.45) is 5.41 Å². The van der Waals surface area contributed by atoms with Gasteiger partial charge in [0, 0.05) is 25.0 Å². The average molecular weight is 342 g/mol. The number of piperidine rings is 1. The third-order valence-electron chi connectivity index (χ3n) is 5.58. The predicted molar refractivity (Wildman–Crippen MR) is 96.2 cm³/mol. The van der Waals surface area contributed by atoms with Gasteiger partial charge in [-0.15, -0.1) is 0 Å². The van der Waals surface area contributed by atoms with Crippen LogP contribution in [0.5, 0.6) is 0 Å². The van der Waals surface area contributed by atoms with Crippen LogP contribution in [-0.4, -0.2) is 53.6 Å². The van der Waals surface area contributed by atoms with Crippen LogP contribution in [0.25, 0.3) is 11.0 Å². The number of aromatic amines is 1. The van der Waals surface area contributed by atoms with Gasteiger partial charge in [-0.1, -0.05) is 12.1 Å². The first-order valence-corrected chi connectivity index (χ1v) is 9.16. The molecule has 134 valence electrons. The Hall–Kier alpha value is -1.92. The van der Waals surface area contributed by atoms with Gasteiger partial charge in [-0.2, -0.15) is 0 Å². The fraction of sp³-hybridized carbons (Fsp3) is 0.579. The Kier molecular flexibility index (Phi) is 4.48. The summed E-state index contributed by atoms with van der Waals surface area (Å²) in [6.07, 6.45) is 3.54. The molecule has 1 spiro atoms. The maximum absolute atomic E-state index is 12.4. The fourth-order valence-corrected chi connectivity index (χ4v) is 4.15. The Labute approximate surface area is 147 Å². The Morgan fingerprint density at radius 3 is 3.12 bits per heavy atom. The molecular formula is C19H26N4O2. The number of nitrogens with one attached hydrogen (secondary N) is 2. The molecule has 2 N–H and O–H groups in total. The van der Waals surface area contributed by atoms with Gasteiger partial charge in [0.05, 0.1) is 11.0 Å². The van der Waals surface area contributed by atoms with E-state index in [4.69, 9.17) is 4.74 Å². The summed E-state index contributed by atoms with van der Waals surface area (Å²) >= 11 is 0. The van der Waals surface area contributed by atoms with Gasteiger partial charge in [-0.3, -0.25) is 4.79 Å². The van der Waals surface area contributed by atoms with E-state index >= 15 is 0 Å². The highest BCUT2D eigenvalue weighted by molar-refractivity contribution is 5.79. The number of imidazole rings is 1. The lowest BCUT2D eigenvalue weighted by molar-refractivity contribution is -0.136. The zero-order chi connectivity index (χ0) is 17.3. The number of hydrogen-bond acceptors (Lipinski definition) is 4. The highest BCUT2D eigenvalue weighted by Crippen LogP contribution is 2.36. The zero-order valence-corrected chi connectivity index (χ0v) is 14.8. The van der Waals surface area contributed by atoms with Gasteiger partial charge < -0.3 is 19.9 Å². The summed E-state index contributed by atoms with van der Waals surface area (Å²) in [5.41, 5.74) is 3.42. The number of fused-ring (bicyclic) bond motifs is 1. The van der Waals surface area contributed by atoms with E-state index in [0.29, 0.717) is 12.0 Å². The van der Waals surface area contributed by atoms with E-state index < -0.39 is 0 Å². The van der Waals surface area contributed by atoms with E-state index in [0.717, 1.165) is 55.0 Å². The van der Waals surface area contributed by atoms with Crippen molar-refractivity contribution in [1.29, 1.82) is 0 Å². The topological polar surface area (TPSA) is 70.2 Å². The smallest absolute Gasteiger partial charge is 0.248 e. The number of benzene rings is 1. The predicted octanol–water partition coefficient (Wildman–Crippen LogP) is 1.99. The number of aryl methyl sites for hydroxylation is 1. The number of rotatable bonds is 4. The Bertz CT molecular complexity index is 764. The van der Waals surface area contributed by atoms with Crippen molar-refractivity contribution in [1.82, 2.24) is 20.2 Å². The lowest BCUT2D eigenvalue weighted by Crippen LogP contribution is -2.43. The van der Waals surface area contributed by atoms with E-state index in [-0.39, 0.29) is 12.5 Å². The Morgan fingerprint density at radius 1 is 1.40 bits per heavy atom. The molecule has 2 aliphatic rings. The summed E-state index contributed by atoms with van der Waals surface area (Å²) in [4.78, 5) is 22.2. The van der Waals surface area contributed by atoms with E-state index in [1.54, 1.807) is 0 Å². The number of H-pyrrole nitrogens is 1. The fourth-order valence-electron chi connectivity index (χ4n) is 4.15. The first-order valence-electron chi connectivity index (χ1n) is 9.16. The molecule has 2 aromatic rings. The number of hydrogen-bond donors (Lipinski definition) is 2. The molecule has 2 saturated heterocycles. The molecule has 4 rings (SSSR count). The lowest BCUT2D eigenvalue weighted by Gasteiger charge is -2.33. The average Bonchev–Trinajstić information content (AvgIpc) is 3.21. The minimum absolute atomic E-state index is 0.0924. The highest BCUT2D eigenvalue weighted by atomic mass is 16.5. The number of ether oxygens (including phenoxy) is 1. The van der Waals surface area contributed by atoms with E-state index in [1.807, 2.05) is 30.0 Å². The van der Waals surface area contributed by atoms with Crippen LogP contribution in [0, 0.1) is 12.3 Å². The van der Waals surface area contributed by atoms with Crippen molar-refractivity contribution < 1.29 is 9.53 Å². The van der Waals surface area contributed by atoms with Crippen molar-refractivity contribution in [2.45, 2.75) is 32.8 Å². The van der Waals surface area contributed by atoms with Crippen LogP contribution in [0.2, 0.25) is 0 Å². The molecule has 0 saturated carbocycles. The molecule has 1 unspecified atom stereocenters. The van der Waals surface area contributed by atoms with Gasteiger partial charge in [-0.25, -0.2) is 4.98 Å². The van der Waals surface area contributed by atoms with Gasteiger partial charge in [-0.05, 0) is 44.4 Å². The molecule has 3 heterocycles. The molecule has 1 aromatic heterocycles. The maximum Gasteiger partial charge on any atom is 0.248 e. The third-order valence-corrected chi connectivity index (χ3v) is 5.58. The van der Waals surface area contributed by atoms with Crippen LogP contribution in [0.1, 0.15) is 30.7 Å². The lowest BCUT2D eigenvalue weighted by atomic mass is 9.80. The minimum Gasteiger partial charge on any atom is -0.364 e. The number of carbonyl (C=O) groups is 1. The number of para-hydroxylation sites is 1. The van der Waals surface area contributed by atoms with Crippen molar-refractivity contribution in [2.75, 3.05) is 32.8 Å². The van der Waals surface area contributed by atoms with Gasteiger partial charge >= 0.3 is 0 Å². The summed E-state index contributed by atoms with van der Waals surface area (Å²) in [7, 11) is 0. The minimum atomic E-state index is 0.0924. The van der Waals surface area contributed by atoms with Crippen LogP contribution in [-0.2, 0) is 16.1 Å². The van der Waals surface area contributed by atoms with Crippen molar-refractivity contribution in [3.8, 4) is 0 Å². The summed E-state index contributed by atoms with van der Waals surface area (Å²) in [6.45, 7) is 6.37. The molecule has 0 aliphatic carbocycles. The third kappa shape index (κ3) is 3.41. The quantitative estimate of drug-likeness (QED) is 0.891. The molecule has 1 amide bonds. The summed E-state index contributed by atoms with van der Waals surface area (Å²) in [6, 6.07) is 6.06. The maximum atomic E-state index is 12.4. The SMILES string of the molecule is Cc1cccc2[nH]c(COCC(=O)N3CCC4(CCCNC4)C3)nc12. The summed E-state index contributed by atoms with van der Waals surface area (Å²) in [5, 5.41) is 3.48. The van der Waals surface area contributed by atoms with E-state index in [2.05, 4.69) is 15.3 Å². The Morgan fingerprint density at radius 2 is 2.32 bits per heavy atom. The molecule has 0 radical (unpaired) electrons. The van der Waals surface area contributed by atoms with Crippen LogP contribution in [0.3, 0.4) is 0 Å². The largest absolute Gasteiger partial charge is 0.364 e. The highest BCUT2D eigenvalue weighted by Gasteiger charge is 2.40. The molecule has 25 heavy (non-hydrogen) atoms. The first-order chi connectivity index (χ1) is 12.2. The second-order valence-corrected chi connectivity index (χ2v) is 7.49. The molecular weight excluding hydrogens is 316 g/mol. The number of carbonyl (C=O) groups excluding carboxylic acids is 1. The van der Waals surface area contributed by atoms with Crippen LogP contribution >= 0.6 is 0 Å². The van der Waals surface area contributed by atoms with Crippen molar-refractivity contribution in [3.05, 3.63) is 29.6 Å². The van der Waals surface area contributed by atoms with Crippen LogP contribution in [0.4, 0.5) is 0 Å². The number of likely N-dealkylation sites (tertiary alicyclic amines) is 1. The first kappa shape index (κ1) is 16.5. The molecule has 2 aliphatic heterocycles. The van der Waals surface area contributed by atoms with Crippen molar-refractivity contribution >= 4 is 16.9 Å². The van der Waals surface area contributed by atoms with Crippen LogP contribution < -0.4 is 5.32 Å². The number of amides is 1. The standard InChI is InChI=1S/C19H26N4O2/c1-14-4-2-5-15-18(14)22-16(21-15)10-25-11-17(24)23-9-7-19(13-23)6-3-8-20-12-19/h2,4-5,20H,3,6-13H2,1H3,(H,21,22). The molecule has 6 nitrogen and oxygen atoms in total. The number of aromatic nitrogens is 2. The van der Waals surface area contributed by atoms with Crippen LogP contribution in [0.15, 0.2) is 18.2 Å². The zero-order valence-electron chi connectivity index (χ0n) is 14.8. The normalized spacial score (nSPS) is 23.6. The Balaban J connectivity index is 1.29. The molecule has 2 fully saturated rings. The van der Waals surface area contributed by atoms with Crippen molar-refractivity contribution in [3.63, 3.8) is 0 Å². The van der Waals surface area contributed by atoms with E-state index in [9.17, 15) is 4.79 Å². The molecule has 1 atom stereocenters.